The monoisotopic (exact) mass is 841 g/mol. The number of hydrogen-bond acceptors (Lipinski definition) is 9. The SMILES string of the molecule is C=C(C)[C@@H]1CC[C@]2(NCCN3CCS(=O)(=O)CC3)CC[C@]3(C)[C@H](CC[C@@H]4[C@@]5(C)CC=C(C6=CCC(COc7cc(C#N)ccn7)(C7OC7O)CC6)C(C)(C)[C@@H]5CC[C@]43C)[C@@H]12. The molecule has 1 aromatic rings. The molecule has 9 nitrogen and oxygen atoms in total. The van der Waals surface area contributed by atoms with Crippen LogP contribution >= 0.6 is 0 Å². The normalized spacial score (nSPS) is 44.1. The van der Waals surface area contributed by atoms with Gasteiger partial charge in [0.1, 0.15) is 6.10 Å². The Morgan fingerprint density at radius 3 is 2.47 bits per heavy atom. The molecule has 328 valence electrons. The van der Waals surface area contributed by atoms with Crippen molar-refractivity contribution in [1.82, 2.24) is 15.2 Å². The fraction of sp³-hybridized carbons (Fsp3) is 0.760. The van der Waals surface area contributed by atoms with Gasteiger partial charge in [-0.3, -0.25) is 0 Å². The smallest absolute Gasteiger partial charge is 0.214 e. The summed E-state index contributed by atoms with van der Waals surface area (Å²) in [5.74, 6) is 4.14. The van der Waals surface area contributed by atoms with E-state index in [-0.39, 0.29) is 38.7 Å². The number of pyridine rings is 1. The highest BCUT2D eigenvalue weighted by Gasteiger charge is 2.70. The van der Waals surface area contributed by atoms with Gasteiger partial charge >= 0.3 is 0 Å². The van der Waals surface area contributed by atoms with Crippen LogP contribution in [0.3, 0.4) is 0 Å². The van der Waals surface area contributed by atoms with Crippen LogP contribution in [-0.2, 0) is 14.6 Å². The van der Waals surface area contributed by atoms with Crippen LogP contribution in [-0.4, -0.2) is 85.6 Å². The highest BCUT2D eigenvalue weighted by Crippen LogP contribution is 2.76. The average molecular weight is 841 g/mol. The van der Waals surface area contributed by atoms with E-state index in [2.05, 4.69) is 81.5 Å². The van der Waals surface area contributed by atoms with Crippen molar-refractivity contribution in [2.75, 3.05) is 44.3 Å². The first kappa shape index (κ1) is 42.7. The molecule has 8 aliphatic rings. The Bertz CT molecular complexity index is 2080. The molecular formula is C50H72N4O5S. The molecule has 2 aliphatic heterocycles. The molecule has 4 saturated carbocycles. The molecule has 0 radical (unpaired) electrons. The maximum Gasteiger partial charge on any atom is 0.214 e. The Hall–Kier alpha value is -2.55. The summed E-state index contributed by atoms with van der Waals surface area (Å²) in [6, 6.07) is 5.54. The lowest BCUT2D eigenvalue weighted by Gasteiger charge is -2.72. The highest BCUT2D eigenvalue weighted by atomic mass is 32.2. The van der Waals surface area contributed by atoms with Crippen molar-refractivity contribution in [3.8, 4) is 11.9 Å². The Labute approximate surface area is 360 Å². The lowest BCUT2D eigenvalue weighted by atomic mass is 9.33. The summed E-state index contributed by atoms with van der Waals surface area (Å²) in [5, 5.41) is 24.1. The first-order valence-electron chi connectivity index (χ1n) is 23.5. The third kappa shape index (κ3) is 6.80. The van der Waals surface area contributed by atoms with Gasteiger partial charge in [-0.1, -0.05) is 58.9 Å². The largest absolute Gasteiger partial charge is 0.477 e. The van der Waals surface area contributed by atoms with Crippen LogP contribution in [0, 0.1) is 68.0 Å². The predicted octanol–water partition coefficient (Wildman–Crippen LogP) is 8.41. The predicted molar refractivity (Wildman–Crippen MR) is 236 cm³/mol. The summed E-state index contributed by atoms with van der Waals surface area (Å²) in [7, 11) is -2.87. The number of aliphatic hydroxyl groups excluding tert-OH is 1. The topological polar surface area (TPSA) is 128 Å². The Kier molecular flexibility index (Phi) is 10.7. The second kappa shape index (κ2) is 15.0. The van der Waals surface area contributed by atoms with Crippen LogP contribution in [0.15, 0.2) is 53.8 Å². The van der Waals surface area contributed by atoms with Gasteiger partial charge in [0, 0.05) is 49.4 Å². The fourth-order valence-corrected chi connectivity index (χ4v) is 17.3. The van der Waals surface area contributed by atoms with E-state index in [9.17, 15) is 18.8 Å². The van der Waals surface area contributed by atoms with E-state index < -0.39 is 16.1 Å². The molecule has 10 heteroatoms. The van der Waals surface area contributed by atoms with Gasteiger partial charge in [-0.25, -0.2) is 13.4 Å². The molecule has 1 aromatic heterocycles. The Balaban J connectivity index is 0.931. The third-order valence-corrected chi connectivity index (χ3v) is 21.0. The van der Waals surface area contributed by atoms with Crippen molar-refractivity contribution in [1.29, 1.82) is 5.26 Å². The van der Waals surface area contributed by atoms with Gasteiger partial charge in [-0.05, 0) is 152 Å². The summed E-state index contributed by atoms with van der Waals surface area (Å²) < 4.78 is 36.2. The minimum Gasteiger partial charge on any atom is -0.477 e. The van der Waals surface area contributed by atoms with Gasteiger partial charge in [0.15, 0.2) is 16.1 Å². The maximum atomic E-state index is 12.1. The number of rotatable bonds is 10. The van der Waals surface area contributed by atoms with Crippen LogP contribution in [0.25, 0.3) is 0 Å². The van der Waals surface area contributed by atoms with E-state index in [0.29, 0.717) is 72.2 Å². The van der Waals surface area contributed by atoms with Crippen LogP contribution in [0.4, 0.5) is 0 Å². The number of allylic oxidation sites excluding steroid dienone is 5. The number of nitrogens with one attached hydrogen (secondary N) is 1. The number of aliphatic hydroxyl groups is 1. The molecule has 2 saturated heterocycles. The third-order valence-electron chi connectivity index (χ3n) is 19.4. The van der Waals surface area contributed by atoms with Gasteiger partial charge in [-0.15, -0.1) is 0 Å². The lowest BCUT2D eigenvalue weighted by Crippen LogP contribution is -2.68. The quantitative estimate of drug-likeness (QED) is 0.176. The van der Waals surface area contributed by atoms with E-state index in [4.69, 9.17) is 9.47 Å². The minimum absolute atomic E-state index is 0.0480. The summed E-state index contributed by atoms with van der Waals surface area (Å²) >= 11 is 0. The number of fused-ring (bicyclic) bond motifs is 7. The highest BCUT2D eigenvalue weighted by molar-refractivity contribution is 7.91. The fourth-order valence-electron chi connectivity index (χ4n) is 16.0. The van der Waals surface area contributed by atoms with E-state index in [1.54, 1.807) is 23.9 Å². The van der Waals surface area contributed by atoms with Gasteiger partial charge < -0.3 is 24.8 Å². The van der Waals surface area contributed by atoms with E-state index >= 15 is 0 Å². The Morgan fingerprint density at radius 2 is 1.78 bits per heavy atom. The second-order valence-corrected chi connectivity index (χ2v) is 24.6. The summed E-state index contributed by atoms with van der Waals surface area (Å²) in [6.07, 6.45) is 19.6. The molecule has 3 heterocycles. The van der Waals surface area contributed by atoms with Crippen LogP contribution in [0.1, 0.15) is 124 Å². The molecular weight excluding hydrogens is 769 g/mol. The summed E-state index contributed by atoms with van der Waals surface area (Å²) in [5.41, 5.74) is 5.53. The maximum absolute atomic E-state index is 12.1. The van der Waals surface area contributed by atoms with Gasteiger partial charge in [-0.2, -0.15) is 5.26 Å². The number of nitriles is 1. The number of nitrogens with zero attached hydrogens (tertiary/aromatic N) is 3. The molecule has 2 N–H and O–H groups in total. The van der Waals surface area contributed by atoms with Crippen molar-refractivity contribution >= 4 is 9.84 Å². The lowest BCUT2D eigenvalue weighted by molar-refractivity contribution is -0.221. The zero-order chi connectivity index (χ0) is 42.5. The van der Waals surface area contributed by atoms with Crippen LogP contribution < -0.4 is 10.1 Å². The van der Waals surface area contributed by atoms with Crippen molar-refractivity contribution in [2.45, 2.75) is 137 Å². The summed E-state index contributed by atoms with van der Waals surface area (Å²) in [4.78, 5) is 6.70. The van der Waals surface area contributed by atoms with Gasteiger partial charge in [0.25, 0.3) is 0 Å². The summed E-state index contributed by atoms with van der Waals surface area (Å²) in [6.45, 7) is 23.7. The van der Waals surface area contributed by atoms with E-state index in [1.165, 1.54) is 62.5 Å². The number of epoxide rings is 1. The average Bonchev–Trinajstić information content (AvgIpc) is 3.83. The molecule has 6 aliphatic carbocycles. The number of sulfone groups is 1. The van der Waals surface area contributed by atoms with Crippen molar-refractivity contribution in [3.63, 3.8) is 0 Å². The van der Waals surface area contributed by atoms with Crippen molar-refractivity contribution < 1.29 is 23.0 Å². The molecule has 0 amide bonds. The number of ether oxygens (including phenoxy) is 2. The number of hydrogen-bond donors (Lipinski definition) is 2. The molecule has 12 atom stereocenters. The molecule has 0 bridgehead atoms. The number of aromatic nitrogens is 1. The molecule has 60 heavy (non-hydrogen) atoms. The Morgan fingerprint density at radius 1 is 1.02 bits per heavy atom. The van der Waals surface area contributed by atoms with Gasteiger partial charge in [0.2, 0.25) is 5.88 Å². The van der Waals surface area contributed by atoms with Crippen molar-refractivity contribution in [2.24, 2.45) is 56.7 Å². The van der Waals surface area contributed by atoms with Crippen molar-refractivity contribution in [3.05, 3.63) is 59.3 Å². The van der Waals surface area contributed by atoms with Crippen LogP contribution in [0.2, 0.25) is 0 Å². The van der Waals surface area contributed by atoms with Crippen LogP contribution in [0.5, 0.6) is 5.88 Å². The van der Waals surface area contributed by atoms with E-state index in [1.807, 2.05) is 0 Å². The molecule has 0 spiro atoms. The molecule has 0 aromatic carbocycles. The van der Waals surface area contributed by atoms with Gasteiger partial charge in [0.05, 0.1) is 29.7 Å². The van der Waals surface area contributed by atoms with E-state index in [0.717, 1.165) is 38.8 Å². The molecule has 9 rings (SSSR count). The standard InChI is InChI=1S/C50H72N4O5S/c1-33(2)36-12-20-50(53-24-25-54-26-28-60(56,57)29-27-54)22-21-47(6)38(42(36)50)8-9-40-46(5)16-13-37(45(3,4)39(46)14-17-48(40,47)7)35-10-18-49(19-11-35,43-44(55)59-43)32-58-41-30-34(31-51)15-23-52-41/h10,13,15,23,30,36,38-40,42-44,53,55H,1,8-9,11-12,14,16-22,24-29,32H2,2-7H3/t36-,38+,39-,40+,42+,43?,44?,46-,47+,48+,49?,50-/m0/s1. The molecule has 3 unspecified atom stereocenters. The first-order chi connectivity index (χ1) is 28.4. The second-order valence-electron chi connectivity index (χ2n) is 22.3. The minimum atomic E-state index is -2.87. The zero-order valence-corrected chi connectivity index (χ0v) is 38.2. The zero-order valence-electron chi connectivity index (χ0n) is 37.4. The molecule has 6 fully saturated rings. The first-order valence-corrected chi connectivity index (χ1v) is 25.3.